The molecule has 0 saturated carbocycles. The first kappa shape index (κ1) is 14.0. The van der Waals surface area contributed by atoms with Gasteiger partial charge in [-0.1, -0.05) is 19.9 Å². The summed E-state index contributed by atoms with van der Waals surface area (Å²) in [6.07, 6.45) is 0. The van der Waals surface area contributed by atoms with Gasteiger partial charge in [0, 0.05) is 17.9 Å². The quantitative estimate of drug-likeness (QED) is 0.460. The molecular weight excluding hydrogens is 236 g/mol. The largest absolute Gasteiger partial charge is 0.305 e. The van der Waals surface area contributed by atoms with Crippen LogP contribution in [0.2, 0.25) is 0 Å². The molecule has 0 aromatic heterocycles. The fourth-order valence-electron chi connectivity index (χ4n) is 1.52. The van der Waals surface area contributed by atoms with Crippen molar-refractivity contribution in [2.75, 3.05) is 14.1 Å². The number of nitro groups is 1. The molecule has 0 unspecified atom stereocenters. The topological polar surface area (TPSA) is 46.4 Å². The Balaban J connectivity index is 3.04. The highest BCUT2D eigenvalue weighted by Gasteiger charge is 2.16. The Morgan fingerprint density at radius 2 is 2.06 bits per heavy atom. The van der Waals surface area contributed by atoms with Crippen LogP contribution in [0.15, 0.2) is 23.1 Å². The molecule has 0 saturated heterocycles. The Morgan fingerprint density at radius 3 is 2.53 bits per heavy atom. The Hall–Kier alpha value is -1.07. The van der Waals surface area contributed by atoms with Gasteiger partial charge in [0.25, 0.3) is 5.69 Å². The number of benzene rings is 1. The molecule has 0 aliphatic carbocycles. The maximum atomic E-state index is 11.0. The summed E-state index contributed by atoms with van der Waals surface area (Å²) in [5.41, 5.74) is 1.18. The fraction of sp³-hybridized carbons (Fsp3) is 0.500. The van der Waals surface area contributed by atoms with Crippen molar-refractivity contribution in [2.24, 2.45) is 0 Å². The number of hydrogen-bond acceptors (Lipinski definition) is 4. The van der Waals surface area contributed by atoms with Crippen LogP contribution in [-0.2, 0) is 6.54 Å². The first-order chi connectivity index (χ1) is 7.90. The van der Waals surface area contributed by atoms with Crippen LogP contribution in [0.1, 0.15) is 19.4 Å². The van der Waals surface area contributed by atoms with Gasteiger partial charge in [-0.3, -0.25) is 10.1 Å². The minimum Gasteiger partial charge on any atom is -0.305 e. The van der Waals surface area contributed by atoms with Gasteiger partial charge in [0.2, 0.25) is 0 Å². The van der Waals surface area contributed by atoms with E-state index in [0.29, 0.717) is 11.8 Å². The van der Waals surface area contributed by atoms with Crippen LogP contribution < -0.4 is 0 Å². The predicted molar refractivity (Wildman–Crippen MR) is 71.5 cm³/mol. The van der Waals surface area contributed by atoms with Crippen LogP contribution in [0.5, 0.6) is 0 Å². The molecule has 0 atom stereocenters. The van der Waals surface area contributed by atoms with Gasteiger partial charge in [-0.15, -0.1) is 11.8 Å². The molecule has 0 fully saturated rings. The fourth-order valence-corrected chi connectivity index (χ4v) is 2.43. The van der Waals surface area contributed by atoms with Crippen molar-refractivity contribution in [3.05, 3.63) is 33.9 Å². The average molecular weight is 254 g/mol. The second kappa shape index (κ2) is 6.02. The zero-order valence-electron chi connectivity index (χ0n) is 10.6. The number of thioether (sulfide) groups is 1. The van der Waals surface area contributed by atoms with Crippen LogP contribution in [0.25, 0.3) is 0 Å². The van der Waals surface area contributed by atoms with Gasteiger partial charge in [0.15, 0.2) is 0 Å². The lowest BCUT2D eigenvalue weighted by atomic mass is 10.2. The summed E-state index contributed by atoms with van der Waals surface area (Å²) in [5, 5.41) is 11.4. The maximum absolute atomic E-state index is 11.0. The Labute approximate surface area is 106 Å². The molecule has 1 aromatic rings. The number of nitro benzene ring substituents is 1. The molecule has 0 radical (unpaired) electrons. The third-order valence-electron chi connectivity index (χ3n) is 2.08. The van der Waals surface area contributed by atoms with Gasteiger partial charge >= 0.3 is 0 Å². The van der Waals surface area contributed by atoms with E-state index in [9.17, 15) is 10.1 Å². The lowest BCUT2D eigenvalue weighted by Gasteiger charge is -2.11. The molecule has 1 rings (SSSR count). The Kier molecular flexibility index (Phi) is 4.96. The molecular formula is C12H18N2O2S. The first-order valence-corrected chi connectivity index (χ1v) is 6.37. The van der Waals surface area contributed by atoms with Gasteiger partial charge in [0.1, 0.15) is 0 Å². The lowest BCUT2D eigenvalue weighted by molar-refractivity contribution is -0.387. The van der Waals surface area contributed by atoms with E-state index in [4.69, 9.17) is 0 Å². The van der Waals surface area contributed by atoms with Gasteiger partial charge in [-0.2, -0.15) is 0 Å². The zero-order valence-corrected chi connectivity index (χ0v) is 11.5. The third kappa shape index (κ3) is 4.36. The lowest BCUT2D eigenvalue weighted by Crippen LogP contribution is -2.10. The molecule has 4 nitrogen and oxygen atoms in total. The van der Waals surface area contributed by atoms with Crippen LogP contribution in [0, 0.1) is 10.1 Å². The normalized spacial score (nSPS) is 11.2. The van der Waals surface area contributed by atoms with Crippen molar-refractivity contribution in [3.8, 4) is 0 Å². The predicted octanol–water partition coefficient (Wildman–Crippen LogP) is 3.16. The average Bonchev–Trinajstić information content (AvgIpc) is 2.18. The molecule has 0 aliphatic rings. The SMILES string of the molecule is CC(C)Sc1ccc(CN(C)C)cc1[N+](=O)[O-]. The molecule has 0 amide bonds. The Morgan fingerprint density at radius 1 is 1.41 bits per heavy atom. The summed E-state index contributed by atoms with van der Waals surface area (Å²) in [6.45, 7) is 4.78. The van der Waals surface area contributed by atoms with Crippen molar-refractivity contribution < 1.29 is 4.92 Å². The first-order valence-electron chi connectivity index (χ1n) is 5.49. The minimum atomic E-state index is -0.302. The summed E-state index contributed by atoms with van der Waals surface area (Å²) < 4.78 is 0. The molecule has 17 heavy (non-hydrogen) atoms. The highest BCUT2D eigenvalue weighted by atomic mass is 32.2. The van der Waals surface area contributed by atoms with E-state index in [2.05, 4.69) is 0 Å². The molecule has 0 N–H and O–H groups in total. The van der Waals surface area contributed by atoms with Crippen molar-refractivity contribution in [2.45, 2.75) is 30.5 Å². The zero-order chi connectivity index (χ0) is 13.0. The molecule has 0 bridgehead atoms. The summed E-state index contributed by atoms with van der Waals surface area (Å²) in [6, 6.07) is 5.48. The molecule has 0 aliphatic heterocycles. The van der Waals surface area contributed by atoms with E-state index >= 15 is 0 Å². The summed E-state index contributed by atoms with van der Waals surface area (Å²) in [4.78, 5) is 13.5. The van der Waals surface area contributed by atoms with E-state index in [1.807, 2.05) is 45.0 Å². The monoisotopic (exact) mass is 254 g/mol. The molecule has 94 valence electrons. The van der Waals surface area contributed by atoms with Gasteiger partial charge in [-0.05, 0) is 25.7 Å². The number of nitrogens with zero attached hydrogens (tertiary/aromatic N) is 2. The van der Waals surface area contributed by atoms with Gasteiger partial charge in [-0.25, -0.2) is 0 Å². The standard InChI is InChI=1S/C12H18N2O2S/c1-9(2)17-12-6-5-10(8-13(3)4)7-11(12)14(15)16/h5-7,9H,8H2,1-4H3. The summed E-state index contributed by atoms with van der Waals surface area (Å²) >= 11 is 1.53. The molecule has 5 heteroatoms. The van der Waals surface area contributed by atoms with E-state index < -0.39 is 0 Å². The second-order valence-electron chi connectivity index (χ2n) is 4.46. The molecule has 1 aromatic carbocycles. The van der Waals surface area contributed by atoms with Crippen LogP contribution in [0.4, 0.5) is 5.69 Å². The van der Waals surface area contributed by atoms with E-state index in [1.54, 1.807) is 6.07 Å². The summed E-state index contributed by atoms with van der Waals surface area (Å²) in [5.74, 6) is 0. The number of rotatable bonds is 5. The van der Waals surface area contributed by atoms with E-state index in [0.717, 1.165) is 10.5 Å². The summed E-state index contributed by atoms with van der Waals surface area (Å²) in [7, 11) is 3.89. The van der Waals surface area contributed by atoms with Crippen molar-refractivity contribution >= 4 is 17.4 Å². The van der Waals surface area contributed by atoms with Crippen LogP contribution >= 0.6 is 11.8 Å². The molecule has 0 spiro atoms. The minimum absolute atomic E-state index is 0.211. The Bertz CT molecular complexity index is 405. The molecule has 0 heterocycles. The van der Waals surface area contributed by atoms with E-state index in [1.165, 1.54) is 11.8 Å². The smallest absolute Gasteiger partial charge is 0.283 e. The van der Waals surface area contributed by atoms with Crippen molar-refractivity contribution in [1.82, 2.24) is 4.90 Å². The second-order valence-corrected chi connectivity index (χ2v) is 6.08. The van der Waals surface area contributed by atoms with Gasteiger partial charge < -0.3 is 4.90 Å². The van der Waals surface area contributed by atoms with Crippen molar-refractivity contribution in [3.63, 3.8) is 0 Å². The maximum Gasteiger partial charge on any atom is 0.283 e. The number of hydrogen-bond donors (Lipinski definition) is 0. The highest BCUT2D eigenvalue weighted by molar-refractivity contribution is 8.00. The van der Waals surface area contributed by atoms with Crippen molar-refractivity contribution in [1.29, 1.82) is 0 Å². The highest BCUT2D eigenvalue weighted by Crippen LogP contribution is 2.32. The van der Waals surface area contributed by atoms with Gasteiger partial charge in [0.05, 0.1) is 9.82 Å². The third-order valence-corrected chi connectivity index (χ3v) is 3.15. The van der Waals surface area contributed by atoms with Crippen LogP contribution in [0.3, 0.4) is 0 Å². The van der Waals surface area contributed by atoms with Crippen LogP contribution in [-0.4, -0.2) is 29.2 Å². The van der Waals surface area contributed by atoms with E-state index in [-0.39, 0.29) is 10.6 Å².